The first-order valence-corrected chi connectivity index (χ1v) is 8.63. The van der Waals surface area contributed by atoms with Gasteiger partial charge in [0, 0.05) is 11.1 Å². The van der Waals surface area contributed by atoms with E-state index in [-0.39, 0.29) is 11.4 Å². The summed E-state index contributed by atoms with van der Waals surface area (Å²) in [7, 11) is 0. The van der Waals surface area contributed by atoms with E-state index in [2.05, 4.69) is 5.32 Å². The second kappa shape index (κ2) is 5.66. The van der Waals surface area contributed by atoms with Gasteiger partial charge < -0.3 is 10.1 Å². The lowest BCUT2D eigenvalue weighted by atomic mass is 9.50. The van der Waals surface area contributed by atoms with Crippen molar-refractivity contribution in [2.75, 3.05) is 11.9 Å². The van der Waals surface area contributed by atoms with Gasteiger partial charge in [-0.2, -0.15) is 0 Å². The number of carbonyl (C=O) groups excluding carboxylic acids is 2. The van der Waals surface area contributed by atoms with Crippen LogP contribution < -0.4 is 5.32 Å². The molecule has 122 valence electrons. The summed E-state index contributed by atoms with van der Waals surface area (Å²) in [5.74, 6) is 2.30. The summed E-state index contributed by atoms with van der Waals surface area (Å²) in [6.07, 6.45) is 8.50. The first kappa shape index (κ1) is 14.7. The zero-order valence-electron chi connectivity index (χ0n) is 13.3. The van der Waals surface area contributed by atoms with Crippen LogP contribution in [0.15, 0.2) is 24.3 Å². The second-order valence-corrected chi connectivity index (χ2v) is 7.84. The molecule has 4 nitrogen and oxygen atoms in total. The number of benzene rings is 1. The number of hydrogen-bond donors (Lipinski definition) is 1. The fourth-order valence-corrected chi connectivity index (χ4v) is 5.57. The van der Waals surface area contributed by atoms with Crippen LogP contribution in [0.4, 0.5) is 5.69 Å². The molecule has 1 aromatic rings. The highest BCUT2D eigenvalue weighted by atomic mass is 16.5. The molecule has 0 heterocycles. The molecule has 0 aliphatic heterocycles. The van der Waals surface area contributed by atoms with E-state index in [0.717, 1.165) is 17.8 Å². The van der Waals surface area contributed by atoms with E-state index in [0.29, 0.717) is 24.3 Å². The molecule has 1 N–H and O–H groups in total. The van der Waals surface area contributed by atoms with Crippen molar-refractivity contribution < 1.29 is 14.3 Å². The Kier molecular flexibility index (Phi) is 3.63. The van der Waals surface area contributed by atoms with E-state index < -0.39 is 0 Å². The monoisotopic (exact) mass is 313 g/mol. The summed E-state index contributed by atoms with van der Waals surface area (Å²) in [6.45, 7) is 0.556. The van der Waals surface area contributed by atoms with Crippen molar-refractivity contribution in [3.05, 3.63) is 29.8 Å². The molecule has 0 unspecified atom stereocenters. The molecule has 4 bridgehead atoms. The van der Waals surface area contributed by atoms with Crippen LogP contribution >= 0.6 is 0 Å². The van der Waals surface area contributed by atoms with Gasteiger partial charge in [0.1, 0.15) is 0 Å². The lowest BCUT2D eigenvalue weighted by molar-refractivity contribution is -0.105. The van der Waals surface area contributed by atoms with Crippen LogP contribution in [-0.2, 0) is 9.53 Å². The molecule has 4 aliphatic rings. The van der Waals surface area contributed by atoms with E-state index >= 15 is 0 Å². The third-order valence-corrected chi connectivity index (χ3v) is 6.00. The first-order valence-electron chi connectivity index (χ1n) is 8.63. The minimum atomic E-state index is -0.282. The fraction of sp³-hybridized carbons (Fsp3) is 0.579. The minimum absolute atomic E-state index is 0.239. The first-order chi connectivity index (χ1) is 11.2. The number of rotatable bonds is 5. The molecule has 4 heteroatoms. The van der Waals surface area contributed by atoms with E-state index in [1.165, 1.54) is 38.5 Å². The third kappa shape index (κ3) is 2.87. The molecule has 0 radical (unpaired) electrons. The van der Waals surface area contributed by atoms with Crippen molar-refractivity contribution >= 4 is 18.1 Å². The second-order valence-electron chi connectivity index (χ2n) is 7.84. The van der Waals surface area contributed by atoms with Gasteiger partial charge in [-0.15, -0.1) is 0 Å². The molecule has 4 aliphatic carbocycles. The van der Waals surface area contributed by atoms with Crippen LogP contribution in [0.5, 0.6) is 0 Å². The largest absolute Gasteiger partial charge is 0.462 e. The van der Waals surface area contributed by atoms with E-state index in [9.17, 15) is 9.59 Å². The van der Waals surface area contributed by atoms with Crippen LogP contribution in [0, 0.1) is 23.2 Å². The Balaban J connectivity index is 1.42. The van der Waals surface area contributed by atoms with Gasteiger partial charge in [-0.25, -0.2) is 4.79 Å². The number of amides is 1. The molecule has 4 saturated carbocycles. The molecule has 0 aromatic heterocycles. The zero-order valence-corrected chi connectivity index (χ0v) is 13.3. The summed E-state index contributed by atoms with van der Waals surface area (Å²) in [5.41, 5.74) is 1.36. The number of nitrogens with one attached hydrogen (secondary N) is 1. The SMILES string of the molecule is O=CNc1cccc(C(=O)OCC23CC4CC(CC(C4)C2)C3)c1. The van der Waals surface area contributed by atoms with Gasteiger partial charge in [-0.05, 0) is 74.5 Å². The van der Waals surface area contributed by atoms with E-state index in [4.69, 9.17) is 4.74 Å². The summed E-state index contributed by atoms with van der Waals surface area (Å²) in [5, 5.41) is 2.57. The average molecular weight is 313 g/mol. The van der Waals surface area contributed by atoms with E-state index in [1.807, 2.05) is 0 Å². The maximum absolute atomic E-state index is 12.4. The van der Waals surface area contributed by atoms with Gasteiger partial charge in [0.15, 0.2) is 0 Å². The van der Waals surface area contributed by atoms with Crippen LogP contribution in [0.2, 0.25) is 0 Å². The normalized spacial score (nSPS) is 34.2. The summed E-state index contributed by atoms with van der Waals surface area (Å²) in [4.78, 5) is 22.9. The Morgan fingerprint density at radius 1 is 1.17 bits per heavy atom. The number of ether oxygens (including phenoxy) is 1. The van der Waals surface area contributed by atoms with Crippen LogP contribution in [0.25, 0.3) is 0 Å². The third-order valence-electron chi connectivity index (χ3n) is 6.00. The topological polar surface area (TPSA) is 55.4 Å². The number of esters is 1. The molecule has 5 rings (SSSR count). The highest BCUT2D eigenvalue weighted by Gasteiger charge is 2.51. The minimum Gasteiger partial charge on any atom is -0.462 e. The number of anilines is 1. The molecule has 23 heavy (non-hydrogen) atoms. The van der Waals surface area contributed by atoms with Gasteiger partial charge in [-0.1, -0.05) is 6.07 Å². The Bertz CT molecular complexity index is 590. The Labute approximate surface area is 136 Å². The van der Waals surface area contributed by atoms with Crippen molar-refractivity contribution in [3.8, 4) is 0 Å². The maximum Gasteiger partial charge on any atom is 0.338 e. The van der Waals surface area contributed by atoms with Crippen molar-refractivity contribution in [1.82, 2.24) is 0 Å². The molecular weight excluding hydrogens is 290 g/mol. The van der Waals surface area contributed by atoms with Gasteiger partial charge in [0.25, 0.3) is 0 Å². The Morgan fingerprint density at radius 3 is 2.43 bits per heavy atom. The predicted molar refractivity (Wildman–Crippen MR) is 87.0 cm³/mol. The molecule has 1 amide bonds. The van der Waals surface area contributed by atoms with Gasteiger partial charge >= 0.3 is 5.97 Å². The number of hydrogen-bond acceptors (Lipinski definition) is 3. The standard InChI is InChI=1S/C19H23NO3/c21-12-20-17-3-1-2-16(7-17)18(22)23-11-19-8-13-4-14(9-19)6-15(5-13)10-19/h1-3,7,12-15H,4-6,8-11H2,(H,20,21). The van der Waals surface area contributed by atoms with Gasteiger partial charge in [-0.3, -0.25) is 4.79 Å². The fourth-order valence-electron chi connectivity index (χ4n) is 5.57. The average Bonchev–Trinajstić information content (AvgIpc) is 2.52. The Morgan fingerprint density at radius 2 is 1.83 bits per heavy atom. The van der Waals surface area contributed by atoms with Gasteiger partial charge in [0.05, 0.1) is 12.2 Å². The molecule has 0 saturated heterocycles. The smallest absolute Gasteiger partial charge is 0.338 e. The van der Waals surface area contributed by atoms with Crippen LogP contribution in [0.1, 0.15) is 48.9 Å². The number of carbonyl (C=O) groups is 2. The lowest BCUT2D eigenvalue weighted by Gasteiger charge is -2.56. The van der Waals surface area contributed by atoms with Crippen LogP contribution in [0.3, 0.4) is 0 Å². The summed E-state index contributed by atoms with van der Waals surface area (Å²) < 4.78 is 5.69. The summed E-state index contributed by atoms with van der Waals surface area (Å²) >= 11 is 0. The molecule has 0 spiro atoms. The van der Waals surface area contributed by atoms with Crippen molar-refractivity contribution in [1.29, 1.82) is 0 Å². The predicted octanol–water partition coefficient (Wildman–Crippen LogP) is 3.63. The molecular formula is C19H23NO3. The quantitative estimate of drug-likeness (QED) is 0.667. The molecule has 0 atom stereocenters. The highest BCUT2D eigenvalue weighted by Crippen LogP contribution is 2.60. The van der Waals surface area contributed by atoms with Gasteiger partial charge in [0.2, 0.25) is 6.41 Å². The van der Waals surface area contributed by atoms with Crippen molar-refractivity contribution in [2.45, 2.75) is 38.5 Å². The van der Waals surface area contributed by atoms with E-state index in [1.54, 1.807) is 24.3 Å². The Hall–Kier alpha value is -1.84. The van der Waals surface area contributed by atoms with Crippen molar-refractivity contribution in [2.24, 2.45) is 23.2 Å². The molecule has 1 aromatic carbocycles. The van der Waals surface area contributed by atoms with Crippen LogP contribution in [-0.4, -0.2) is 19.0 Å². The lowest BCUT2D eigenvalue weighted by Crippen LogP contribution is -2.48. The zero-order chi connectivity index (χ0) is 15.9. The highest BCUT2D eigenvalue weighted by molar-refractivity contribution is 5.91. The maximum atomic E-state index is 12.4. The summed E-state index contributed by atoms with van der Waals surface area (Å²) in [6, 6.07) is 6.91. The van der Waals surface area contributed by atoms with Crippen molar-refractivity contribution in [3.63, 3.8) is 0 Å². The molecule has 4 fully saturated rings.